The van der Waals surface area contributed by atoms with Gasteiger partial charge in [-0.2, -0.15) is 23.5 Å². The number of hydrogen-bond acceptors (Lipinski definition) is 12. The summed E-state index contributed by atoms with van der Waals surface area (Å²) in [5.41, 5.74) is -0.779. The number of thioether (sulfide) groups is 3. The fraction of sp³-hybridized carbons (Fsp3) is 0.897. The first-order valence-corrected chi connectivity index (χ1v) is 21.1. The summed E-state index contributed by atoms with van der Waals surface area (Å²) in [5, 5.41) is 6.57. The van der Waals surface area contributed by atoms with Crippen molar-refractivity contribution >= 4 is 53.3 Å². The van der Waals surface area contributed by atoms with Gasteiger partial charge in [0.2, 0.25) is 0 Å². The predicted molar refractivity (Wildman–Crippen MR) is 236 cm³/mol. The Bertz CT molecular complexity index is 944. The number of carbonyl (C=O) groups excluding carboxylic acids is 3. The molecule has 0 radical (unpaired) electrons. The van der Waals surface area contributed by atoms with Crippen LogP contribution in [0.25, 0.3) is 0 Å². The van der Waals surface area contributed by atoms with Crippen molar-refractivity contribution in [3.63, 3.8) is 0 Å². The van der Waals surface area contributed by atoms with Gasteiger partial charge in [-0.15, -0.1) is 0 Å². The van der Waals surface area contributed by atoms with Crippen LogP contribution in [0.15, 0.2) is 0 Å². The van der Waals surface area contributed by atoms with E-state index in [0.717, 1.165) is 64.4 Å². The minimum atomic E-state index is -0.393. The summed E-state index contributed by atoms with van der Waals surface area (Å²) in [6.07, 6.45) is 3.05. The Hall–Kier alpha value is -1.03. The standard InChI is InChI=1S/C13H24N2O2S.C9H18N2O2.C8H16N2S.C4H5OS.5CH4/c1-13(2,3)17-12(16)15-7-5-14(6-8-15)11-4-9-18-10-11;1-9(2,3)13-8(12)11-6-4-10-5-7-11;1-6-11-7-8(1)10-4-2-9-3-5-10;5-4-1-2-6-3-4;;;;;/h11H,4-10H2,1-3H3;10H,4-7H2,1-3H3;8-9H,1-7H2;2H,1,3H2;5*1H4/q;;;+1;;;;;. The van der Waals surface area contributed by atoms with E-state index >= 15 is 0 Å². The Balaban J connectivity index is -0.000000641. The fourth-order valence-corrected chi connectivity index (χ4v) is 9.04. The summed E-state index contributed by atoms with van der Waals surface area (Å²) < 4.78 is 10.6. The number of amides is 2. The molecule has 0 bridgehead atoms. The van der Waals surface area contributed by atoms with Crippen LogP contribution in [-0.4, -0.2) is 168 Å². The van der Waals surface area contributed by atoms with Gasteiger partial charge in [0.15, 0.2) is 18.0 Å². The molecule has 2 N–H and O–H groups in total. The molecular weight excluding hydrogens is 729 g/mol. The van der Waals surface area contributed by atoms with Gasteiger partial charge in [0.25, 0.3) is 0 Å². The van der Waals surface area contributed by atoms with E-state index in [2.05, 4.69) is 32.2 Å². The Morgan fingerprint density at radius 3 is 1.36 bits per heavy atom. The molecule has 0 saturated carbocycles. The quantitative estimate of drug-likeness (QED) is 0.274. The average Bonchev–Trinajstić information content (AvgIpc) is 3.87. The van der Waals surface area contributed by atoms with Crippen LogP contribution in [0.2, 0.25) is 0 Å². The van der Waals surface area contributed by atoms with E-state index in [0.29, 0.717) is 18.0 Å². The lowest BCUT2D eigenvalue weighted by Gasteiger charge is -2.38. The fourth-order valence-electron chi connectivity index (χ4n) is 5.80. The lowest BCUT2D eigenvalue weighted by molar-refractivity contribution is -0.115. The molecule has 2 atom stereocenters. The van der Waals surface area contributed by atoms with E-state index in [4.69, 9.17) is 9.47 Å². The minimum Gasteiger partial charge on any atom is -0.444 e. The monoisotopic (exact) mass is 812 g/mol. The molecule has 11 nitrogen and oxygen atoms in total. The largest absolute Gasteiger partial charge is 0.444 e. The molecule has 6 aliphatic rings. The molecule has 0 aromatic heterocycles. The Labute approximate surface area is 340 Å². The molecular formula is C39H83N6O5S3+. The average molecular weight is 812 g/mol. The van der Waals surface area contributed by atoms with Crippen molar-refractivity contribution in [3.8, 4) is 0 Å². The maximum absolute atomic E-state index is 11.9. The number of nitrogens with one attached hydrogen (secondary N) is 2. The van der Waals surface area contributed by atoms with Crippen molar-refractivity contribution in [2.75, 3.05) is 107 Å². The number of rotatable bonds is 2. The third kappa shape index (κ3) is 23.6. The van der Waals surface area contributed by atoms with Crippen LogP contribution in [0.1, 0.15) is 97.9 Å². The van der Waals surface area contributed by atoms with Crippen molar-refractivity contribution in [2.45, 2.75) is 121 Å². The number of Topliss-reactive ketones (excluding diaryl/α,β-unsaturated/α-hetero) is 1. The number of carbonyl (C=O) groups is 3. The van der Waals surface area contributed by atoms with Gasteiger partial charge < -0.3 is 29.9 Å². The molecule has 0 spiro atoms. The van der Waals surface area contributed by atoms with Gasteiger partial charge in [0, 0.05) is 102 Å². The Morgan fingerprint density at radius 1 is 0.642 bits per heavy atom. The summed E-state index contributed by atoms with van der Waals surface area (Å²) >= 11 is 5.77. The highest BCUT2D eigenvalue weighted by Gasteiger charge is 2.30. The van der Waals surface area contributed by atoms with Crippen molar-refractivity contribution in [1.82, 2.24) is 30.2 Å². The number of nitrogens with zero attached hydrogens (tertiary/aromatic N) is 4. The molecule has 0 aromatic carbocycles. The second-order valence-electron chi connectivity index (χ2n) is 14.8. The smallest absolute Gasteiger partial charge is 0.410 e. The van der Waals surface area contributed by atoms with E-state index in [1.165, 1.54) is 62.0 Å². The lowest BCUT2D eigenvalue weighted by atomic mass is 10.2. The van der Waals surface area contributed by atoms with Crippen LogP contribution in [0.4, 0.5) is 9.59 Å². The van der Waals surface area contributed by atoms with Crippen molar-refractivity contribution in [1.29, 1.82) is 0 Å². The van der Waals surface area contributed by atoms with Crippen LogP contribution in [0.5, 0.6) is 0 Å². The second kappa shape index (κ2) is 29.2. The van der Waals surface area contributed by atoms with E-state index in [9.17, 15) is 14.4 Å². The molecule has 2 amide bonds. The zero-order valence-corrected chi connectivity index (χ0v) is 32.9. The number of ether oxygens (including phenoxy) is 2. The van der Waals surface area contributed by atoms with Crippen LogP contribution in [-0.2, 0) is 14.3 Å². The van der Waals surface area contributed by atoms with Gasteiger partial charge in [-0.3, -0.25) is 14.6 Å². The first-order valence-electron chi connectivity index (χ1n) is 17.8. The topological polar surface area (TPSA) is 107 Å². The van der Waals surface area contributed by atoms with E-state index in [1.807, 2.05) is 64.0 Å². The molecule has 6 saturated heterocycles. The summed E-state index contributed by atoms with van der Waals surface area (Å²) in [4.78, 5) is 42.4. The molecule has 0 aromatic rings. The number of ketones is 1. The highest BCUT2D eigenvalue weighted by atomic mass is 32.2. The second-order valence-corrected chi connectivity index (χ2v) is 18.0. The van der Waals surface area contributed by atoms with Gasteiger partial charge in [0.05, 0.1) is 11.8 Å². The summed E-state index contributed by atoms with van der Waals surface area (Å²) in [6.45, 7) is 23.1. The van der Waals surface area contributed by atoms with Crippen molar-refractivity contribution in [2.24, 2.45) is 0 Å². The zero-order valence-electron chi connectivity index (χ0n) is 30.4. The number of hydrogen-bond donors (Lipinski definition) is 2. The van der Waals surface area contributed by atoms with Gasteiger partial charge in [-0.1, -0.05) is 37.1 Å². The van der Waals surface area contributed by atoms with Gasteiger partial charge in [0.1, 0.15) is 17.0 Å². The van der Waals surface area contributed by atoms with Crippen molar-refractivity contribution < 1.29 is 23.9 Å². The highest BCUT2D eigenvalue weighted by molar-refractivity contribution is 8.02. The van der Waals surface area contributed by atoms with Crippen LogP contribution < -0.4 is 10.6 Å². The molecule has 53 heavy (non-hydrogen) atoms. The molecule has 0 aliphatic carbocycles. The third-order valence-electron chi connectivity index (χ3n) is 8.40. The molecule has 6 rings (SSSR count). The molecule has 316 valence electrons. The predicted octanol–water partition coefficient (Wildman–Crippen LogP) is 7.30. The molecule has 6 aliphatic heterocycles. The van der Waals surface area contributed by atoms with E-state index in [-0.39, 0.29) is 54.9 Å². The van der Waals surface area contributed by atoms with E-state index in [1.54, 1.807) is 16.7 Å². The molecule has 14 heteroatoms. The highest BCUT2D eigenvalue weighted by Crippen LogP contribution is 2.24. The maximum atomic E-state index is 11.9. The van der Waals surface area contributed by atoms with Gasteiger partial charge >= 0.3 is 12.2 Å². The summed E-state index contributed by atoms with van der Waals surface area (Å²) in [7, 11) is 0. The van der Waals surface area contributed by atoms with Crippen LogP contribution in [0, 0.1) is 5.75 Å². The van der Waals surface area contributed by atoms with Gasteiger partial charge in [-0.25, -0.2) is 9.59 Å². The SMILES string of the molecule is C.C.C.C.C.C1CN(C2CCSC2)CCN1.CC(C)(C)OC(=O)N1CCN(C2CCSC2)CC1.CC(C)(C)OC(=O)N1CCNCC1.O=C1C[CH+]SC1. The first-order chi connectivity index (χ1) is 22.8. The zero-order chi connectivity index (χ0) is 35.0. The first kappa shape index (κ1) is 56.3. The number of piperazine rings is 3. The van der Waals surface area contributed by atoms with Crippen LogP contribution >= 0.6 is 35.3 Å². The van der Waals surface area contributed by atoms with Gasteiger partial charge in [-0.05, 0) is 65.9 Å². The Morgan fingerprint density at radius 2 is 1.04 bits per heavy atom. The maximum Gasteiger partial charge on any atom is 0.410 e. The summed E-state index contributed by atoms with van der Waals surface area (Å²) in [5.74, 6) is 8.32. The minimum absolute atomic E-state index is 0. The normalized spacial score (nSPS) is 23.0. The third-order valence-corrected chi connectivity index (χ3v) is 11.6. The van der Waals surface area contributed by atoms with Crippen LogP contribution in [0.3, 0.4) is 0 Å². The van der Waals surface area contributed by atoms with Crippen molar-refractivity contribution in [3.05, 3.63) is 5.75 Å². The van der Waals surface area contributed by atoms with E-state index < -0.39 is 5.60 Å². The summed E-state index contributed by atoms with van der Waals surface area (Å²) in [6, 6.07) is 1.64. The molecule has 6 heterocycles. The lowest BCUT2D eigenvalue weighted by Crippen LogP contribution is -2.52. The Kier molecular flexibility index (Phi) is 31.1. The molecule has 6 fully saturated rings. The molecule has 2 unspecified atom stereocenters.